The molecule has 1 N–H and O–H groups in total. The van der Waals surface area contributed by atoms with Gasteiger partial charge in [0, 0.05) is 19.3 Å². The summed E-state index contributed by atoms with van der Waals surface area (Å²) in [5, 5.41) is 8.57. The van der Waals surface area contributed by atoms with Gasteiger partial charge in [-0.2, -0.15) is 0 Å². The maximum Gasteiger partial charge on any atom is 0.303 e. The fraction of sp³-hybridized carbons (Fsp3) is 0.762. The molecule has 1 aromatic heterocycles. The Kier molecular flexibility index (Phi) is 11.3. The summed E-state index contributed by atoms with van der Waals surface area (Å²) in [5.41, 5.74) is 1.32. The van der Waals surface area contributed by atoms with Crippen LogP contribution in [0.5, 0.6) is 0 Å². The third kappa shape index (κ3) is 9.79. The largest absolute Gasteiger partial charge is 0.481 e. The first-order valence-electron chi connectivity index (χ1n) is 9.93. The minimum Gasteiger partial charge on any atom is -0.481 e. The number of carbonyl (C=O) groups is 1. The van der Waals surface area contributed by atoms with E-state index in [9.17, 15) is 4.79 Å². The first-order chi connectivity index (χ1) is 11.6. The van der Waals surface area contributed by atoms with Crippen LogP contribution in [0.1, 0.15) is 101 Å². The van der Waals surface area contributed by atoms with E-state index in [4.69, 9.17) is 9.52 Å². The minimum absolute atomic E-state index is 0.322. The molecule has 138 valence electrons. The Morgan fingerprint density at radius 1 is 0.917 bits per heavy atom. The van der Waals surface area contributed by atoms with Crippen molar-refractivity contribution in [2.75, 3.05) is 0 Å². The molecule has 0 spiro atoms. The highest BCUT2D eigenvalue weighted by atomic mass is 16.4. The van der Waals surface area contributed by atoms with Gasteiger partial charge in [-0.05, 0) is 37.8 Å². The van der Waals surface area contributed by atoms with Crippen LogP contribution in [0, 0.1) is 6.92 Å². The Balaban J connectivity index is 2.02. The second kappa shape index (κ2) is 13.1. The topological polar surface area (TPSA) is 50.4 Å². The maximum absolute atomic E-state index is 10.4. The highest BCUT2D eigenvalue weighted by molar-refractivity contribution is 5.66. The molecule has 0 radical (unpaired) electrons. The monoisotopic (exact) mass is 336 g/mol. The van der Waals surface area contributed by atoms with Gasteiger partial charge in [-0.3, -0.25) is 4.79 Å². The van der Waals surface area contributed by atoms with Crippen LogP contribution in [0.2, 0.25) is 0 Å². The molecule has 0 aliphatic rings. The van der Waals surface area contributed by atoms with E-state index in [1.807, 2.05) is 0 Å². The highest BCUT2D eigenvalue weighted by Gasteiger charge is 2.07. The maximum atomic E-state index is 10.4. The molecule has 0 saturated heterocycles. The minimum atomic E-state index is -0.670. The number of unbranched alkanes of at least 4 members (excludes halogenated alkanes) is 9. The lowest BCUT2D eigenvalue weighted by molar-refractivity contribution is -0.137. The van der Waals surface area contributed by atoms with Gasteiger partial charge in [-0.25, -0.2) is 0 Å². The van der Waals surface area contributed by atoms with Crippen molar-refractivity contribution in [3.8, 4) is 0 Å². The molecule has 1 rings (SSSR count). The molecular weight excluding hydrogens is 300 g/mol. The summed E-state index contributed by atoms with van der Waals surface area (Å²) >= 11 is 0. The number of furan rings is 1. The zero-order valence-corrected chi connectivity index (χ0v) is 15.7. The van der Waals surface area contributed by atoms with Crippen LogP contribution >= 0.6 is 0 Å². The Labute approximate surface area is 147 Å². The molecule has 0 bridgehead atoms. The lowest BCUT2D eigenvalue weighted by Gasteiger charge is -2.02. The first kappa shape index (κ1) is 20.8. The number of aryl methyl sites for hydroxylation is 3. The first-order valence-corrected chi connectivity index (χ1v) is 9.93. The van der Waals surface area contributed by atoms with E-state index in [1.54, 1.807) is 0 Å². The second-order valence-electron chi connectivity index (χ2n) is 7.00. The van der Waals surface area contributed by atoms with E-state index in [0.29, 0.717) is 6.42 Å². The van der Waals surface area contributed by atoms with Gasteiger partial charge in [-0.1, -0.05) is 58.3 Å². The normalized spacial score (nSPS) is 11.1. The fourth-order valence-electron chi connectivity index (χ4n) is 3.13. The molecule has 0 aliphatic carbocycles. The predicted octanol–water partition coefficient (Wildman–Crippen LogP) is 6.46. The zero-order chi connectivity index (χ0) is 17.6. The molecule has 1 aromatic rings. The van der Waals surface area contributed by atoms with Crippen molar-refractivity contribution >= 4 is 5.97 Å². The van der Waals surface area contributed by atoms with Gasteiger partial charge in [0.1, 0.15) is 11.5 Å². The number of aliphatic carboxylic acids is 1. The molecular formula is C21H36O3. The Hall–Kier alpha value is -1.25. The van der Waals surface area contributed by atoms with Crippen molar-refractivity contribution in [1.29, 1.82) is 0 Å². The fourth-order valence-corrected chi connectivity index (χ4v) is 3.13. The van der Waals surface area contributed by atoms with Gasteiger partial charge in [0.15, 0.2) is 0 Å². The molecule has 0 unspecified atom stereocenters. The Morgan fingerprint density at radius 3 is 2.12 bits per heavy atom. The second-order valence-corrected chi connectivity index (χ2v) is 7.00. The van der Waals surface area contributed by atoms with Gasteiger partial charge in [0.05, 0.1) is 0 Å². The molecule has 3 nitrogen and oxygen atoms in total. The van der Waals surface area contributed by atoms with Crippen LogP contribution in [-0.4, -0.2) is 11.1 Å². The number of hydrogen-bond acceptors (Lipinski definition) is 2. The van der Waals surface area contributed by atoms with Crippen molar-refractivity contribution in [2.24, 2.45) is 0 Å². The average molecular weight is 337 g/mol. The summed E-state index contributed by atoms with van der Waals surface area (Å²) < 4.78 is 6.00. The van der Waals surface area contributed by atoms with Crippen molar-refractivity contribution in [3.05, 3.63) is 23.2 Å². The van der Waals surface area contributed by atoms with Crippen molar-refractivity contribution in [2.45, 2.75) is 104 Å². The molecule has 3 heteroatoms. The molecule has 0 aliphatic heterocycles. The number of hydrogen-bond donors (Lipinski definition) is 1. The molecule has 1 heterocycles. The van der Waals surface area contributed by atoms with Gasteiger partial charge >= 0.3 is 5.97 Å². The molecule has 0 aromatic carbocycles. The van der Waals surface area contributed by atoms with Crippen molar-refractivity contribution in [3.63, 3.8) is 0 Å². The van der Waals surface area contributed by atoms with Crippen LogP contribution in [0.4, 0.5) is 0 Å². The van der Waals surface area contributed by atoms with Gasteiger partial charge in [0.25, 0.3) is 0 Å². The zero-order valence-electron chi connectivity index (χ0n) is 15.7. The van der Waals surface area contributed by atoms with Gasteiger partial charge in [-0.15, -0.1) is 0 Å². The van der Waals surface area contributed by atoms with Crippen LogP contribution in [-0.2, 0) is 17.6 Å². The summed E-state index contributed by atoms with van der Waals surface area (Å²) in [5.74, 6) is 1.68. The highest BCUT2D eigenvalue weighted by Crippen LogP contribution is 2.20. The Morgan fingerprint density at radius 2 is 1.50 bits per heavy atom. The lowest BCUT2D eigenvalue weighted by Crippen LogP contribution is -1.93. The lowest BCUT2D eigenvalue weighted by atomic mass is 10.1. The predicted molar refractivity (Wildman–Crippen MR) is 99.6 cm³/mol. The quantitative estimate of drug-likeness (QED) is 0.374. The summed E-state index contributed by atoms with van der Waals surface area (Å²) in [6.07, 6.45) is 15.6. The molecule has 0 atom stereocenters. The number of carboxylic acids is 1. The average Bonchev–Trinajstić information content (AvgIpc) is 2.89. The SMILES string of the molecule is CCCCCc1cc(C)c(CCCCCCCCCCC(=O)O)o1. The van der Waals surface area contributed by atoms with Crippen LogP contribution < -0.4 is 0 Å². The Bertz CT molecular complexity index is 448. The summed E-state index contributed by atoms with van der Waals surface area (Å²) in [7, 11) is 0. The van der Waals surface area contributed by atoms with Crippen LogP contribution in [0.3, 0.4) is 0 Å². The van der Waals surface area contributed by atoms with Crippen molar-refractivity contribution in [1.82, 2.24) is 0 Å². The molecule has 0 saturated carbocycles. The summed E-state index contributed by atoms with van der Waals surface area (Å²) in [4.78, 5) is 10.4. The van der Waals surface area contributed by atoms with E-state index in [0.717, 1.165) is 31.4 Å². The van der Waals surface area contributed by atoms with Crippen LogP contribution in [0.25, 0.3) is 0 Å². The van der Waals surface area contributed by atoms with Gasteiger partial charge < -0.3 is 9.52 Å². The summed E-state index contributed by atoms with van der Waals surface area (Å²) in [6.45, 7) is 4.40. The van der Waals surface area contributed by atoms with E-state index in [2.05, 4.69) is 19.9 Å². The smallest absolute Gasteiger partial charge is 0.303 e. The number of carboxylic acid groups (broad SMARTS) is 1. The molecule has 0 fully saturated rings. The van der Waals surface area contributed by atoms with E-state index in [1.165, 1.54) is 69.1 Å². The van der Waals surface area contributed by atoms with E-state index in [-0.39, 0.29) is 0 Å². The summed E-state index contributed by atoms with van der Waals surface area (Å²) in [6, 6.07) is 2.22. The third-order valence-corrected chi connectivity index (χ3v) is 4.64. The van der Waals surface area contributed by atoms with Gasteiger partial charge in [0.2, 0.25) is 0 Å². The third-order valence-electron chi connectivity index (χ3n) is 4.64. The molecule has 24 heavy (non-hydrogen) atoms. The van der Waals surface area contributed by atoms with Crippen LogP contribution in [0.15, 0.2) is 10.5 Å². The standard InChI is InChI=1S/C21H36O3/c1-3-4-11-14-19-17-18(2)20(24-19)15-12-9-7-5-6-8-10-13-16-21(22)23/h17H,3-16H2,1-2H3,(H,22,23). The van der Waals surface area contributed by atoms with Crippen molar-refractivity contribution < 1.29 is 14.3 Å². The number of rotatable bonds is 15. The molecule has 0 amide bonds. The van der Waals surface area contributed by atoms with E-state index < -0.39 is 5.97 Å². The van der Waals surface area contributed by atoms with E-state index >= 15 is 0 Å².